The number of hydrogen-bond donors (Lipinski definition) is 1. The van der Waals surface area contributed by atoms with Crippen molar-refractivity contribution in [3.05, 3.63) is 47.9 Å². The highest BCUT2D eigenvalue weighted by molar-refractivity contribution is 5.37. The van der Waals surface area contributed by atoms with Crippen LogP contribution in [-0.2, 0) is 6.54 Å². The van der Waals surface area contributed by atoms with Crippen molar-refractivity contribution in [2.24, 2.45) is 5.73 Å². The molecule has 0 amide bonds. The van der Waals surface area contributed by atoms with Crippen LogP contribution in [0.5, 0.6) is 17.4 Å². The van der Waals surface area contributed by atoms with E-state index in [1.54, 1.807) is 31.4 Å². The van der Waals surface area contributed by atoms with E-state index in [1.807, 2.05) is 0 Å². The summed E-state index contributed by atoms with van der Waals surface area (Å²) < 4.78 is 24.0. The van der Waals surface area contributed by atoms with E-state index >= 15 is 0 Å². The highest BCUT2D eigenvalue weighted by atomic mass is 19.1. The maximum Gasteiger partial charge on any atom is 0.219 e. The van der Waals surface area contributed by atoms with Gasteiger partial charge in [0.25, 0.3) is 0 Å². The molecule has 94 valence electrons. The van der Waals surface area contributed by atoms with E-state index in [2.05, 4.69) is 4.98 Å². The van der Waals surface area contributed by atoms with E-state index in [4.69, 9.17) is 15.2 Å². The number of methoxy groups -OCH3 is 1. The molecule has 4 nitrogen and oxygen atoms in total. The summed E-state index contributed by atoms with van der Waals surface area (Å²) in [4.78, 5) is 4.04. The summed E-state index contributed by atoms with van der Waals surface area (Å²) in [6.45, 7) is 0.0676. The third-order valence-corrected chi connectivity index (χ3v) is 2.44. The molecule has 0 aliphatic heterocycles. The number of pyridine rings is 1. The number of rotatable bonds is 4. The minimum Gasteiger partial charge on any atom is -0.495 e. The summed E-state index contributed by atoms with van der Waals surface area (Å²) in [7, 11) is 1.55. The highest BCUT2D eigenvalue weighted by Crippen LogP contribution is 2.26. The van der Waals surface area contributed by atoms with Gasteiger partial charge in [-0.1, -0.05) is 6.07 Å². The molecule has 5 heteroatoms. The van der Waals surface area contributed by atoms with E-state index < -0.39 is 0 Å². The van der Waals surface area contributed by atoms with Crippen LogP contribution < -0.4 is 15.2 Å². The lowest BCUT2D eigenvalue weighted by molar-refractivity contribution is 0.406. The van der Waals surface area contributed by atoms with Crippen molar-refractivity contribution in [1.29, 1.82) is 0 Å². The SMILES string of the molecule is COc1ccc(Oc2cccc(F)c2CN)nc1. The largest absolute Gasteiger partial charge is 0.495 e. The molecular formula is C13H13FN2O2. The van der Waals surface area contributed by atoms with Crippen molar-refractivity contribution in [2.75, 3.05) is 7.11 Å². The van der Waals surface area contributed by atoms with Gasteiger partial charge in [0.2, 0.25) is 5.88 Å². The van der Waals surface area contributed by atoms with Gasteiger partial charge in [-0.2, -0.15) is 0 Å². The molecule has 2 N–H and O–H groups in total. The second kappa shape index (κ2) is 5.46. The van der Waals surface area contributed by atoms with Crippen LogP contribution in [0.3, 0.4) is 0 Å². The summed E-state index contributed by atoms with van der Waals surface area (Å²) in [6, 6.07) is 7.91. The van der Waals surface area contributed by atoms with Crippen LogP contribution in [0.4, 0.5) is 4.39 Å². The monoisotopic (exact) mass is 248 g/mol. The van der Waals surface area contributed by atoms with Gasteiger partial charge in [-0.3, -0.25) is 0 Å². The summed E-state index contributed by atoms with van der Waals surface area (Å²) in [5.41, 5.74) is 5.82. The van der Waals surface area contributed by atoms with Crippen molar-refractivity contribution in [1.82, 2.24) is 4.98 Å². The third kappa shape index (κ3) is 2.57. The number of ether oxygens (including phenoxy) is 2. The Labute approximate surface area is 104 Å². The molecule has 0 fully saturated rings. The molecule has 0 spiro atoms. The molecule has 0 atom stereocenters. The van der Waals surface area contributed by atoms with Crippen molar-refractivity contribution in [2.45, 2.75) is 6.54 Å². The molecule has 0 aliphatic rings. The fourth-order valence-electron chi connectivity index (χ4n) is 1.49. The molecule has 1 aromatic heterocycles. The molecule has 0 aliphatic carbocycles. The highest BCUT2D eigenvalue weighted by Gasteiger charge is 2.09. The fourth-order valence-corrected chi connectivity index (χ4v) is 1.49. The molecule has 2 aromatic rings. The number of benzene rings is 1. The molecule has 2 rings (SSSR count). The smallest absolute Gasteiger partial charge is 0.219 e. The number of halogens is 1. The zero-order valence-corrected chi connectivity index (χ0v) is 9.89. The van der Waals surface area contributed by atoms with Gasteiger partial charge in [0.05, 0.1) is 13.3 Å². The quantitative estimate of drug-likeness (QED) is 0.903. The minimum absolute atomic E-state index is 0.0676. The average molecular weight is 248 g/mol. The Kier molecular flexibility index (Phi) is 3.74. The molecule has 0 radical (unpaired) electrons. The van der Waals surface area contributed by atoms with Gasteiger partial charge in [-0.15, -0.1) is 0 Å². The normalized spacial score (nSPS) is 10.2. The molecule has 0 saturated heterocycles. The molecule has 1 aromatic carbocycles. The standard InChI is InChI=1S/C13H13FN2O2/c1-17-9-5-6-13(16-8-9)18-12-4-2-3-11(14)10(12)7-15/h2-6,8H,7,15H2,1H3. The molecule has 0 saturated carbocycles. The van der Waals surface area contributed by atoms with Gasteiger partial charge in [0.1, 0.15) is 17.3 Å². The Morgan fingerprint density at radius 2 is 2.11 bits per heavy atom. The van der Waals surface area contributed by atoms with Crippen molar-refractivity contribution < 1.29 is 13.9 Å². The lowest BCUT2D eigenvalue weighted by Crippen LogP contribution is -2.02. The lowest BCUT2D eigenvalue weighted by atomic mass is 10.2. The Hall–Kier alpha value is -2.14. The first kappa shape index (κ1) is 12.3. The number of aromatic nitrogens is 1. The van der Waals surface area contributed by atoms with Crippen LogP contribution in [0.25, 0.3) is 0 Å². The first-order valence-electron chi connectivity index (χ1n) is 5.40. The van der Waals surface area contributed by atoms with Crippen LogP contribution in [0, 0.1) is 5.82 Å². The second-order valence-corrected chi connectivity index (χ2v) is 3.56. The second-order valence-electron chi connectivity index (χ2n) is 3.56. The predicted octanol–water partition coefficient (Wildman–Crippen LogP) is 2.48. The summed E-state index contributed by atoms with van der Waals surface area (Å²) in [5, 5.41) is 0. The first-order valence-corrected chi connectivity index (χ1v) is 5.40. The van der Waals surface area contributed by atoms with Gasteiger partial charge in [-0.05, 0) is 18.2 Å². The third-order valence-electron chi connectivity index (χ3n) is 2.44. The van der Waals surface area contributed by atoms with Crippen molar-refractivity contribution >= 4 is 0 Å². The molecule has 0 bridgehead atoms. The number of nitrogens with two attached hydrogens (primary N) is 1. The van der Waals surface area contributed by atoms with Gasteiger partial charge in [0.15, 0.2) is 0 Å². The summed E-state index contributed by atoms with van der Waals surface area (Å²) in [5.74, 6) is 0.968. The Morgan fingerprint density at radius 3 is 2.72 bits per heavy atom. The van der Waals surface area contributed by atoms with Crippen LogP contribution in [-0.4, -0.2) is 12.1 Å². The Morgan fingerprint density at radius 1 is 1.28 bits per heavy atom. The van der Waals surface area contributed by atoms with E-state index in [0.29, 0.717) is 22.9 Å². The number of nitrogens with zero attached hydrogens (tertiary/aromatic N) is 1. The summed E-state index contributed by atoms with van der Waals surface area (Å²) >= 11 is 0. The van der Waals surface area contributed by atoms with Crippen LogP contribution >= 0.6 is 0 Å². The molecule has 18 heavy (non-hydrogen) atoms. The summed E-state index contributed by atoms with van der Waals surface area (Å²) in [6.07, 6.45) is 1.52. The maximum atomic E-state index is 13.5. The van der Waals surface area contributed by atoms with Crippen molar-refractivity contribution in [3.8, 4) is 17.4 Å². The fraction of sp³-hybridized carbons (Fsp3) is 0.154. The molecule has 0 unspecified atom stereocenters. The zero-order chi connectivity index (χ0) is 13.0. The lowest BCUT2D eigenvalue weighted by Gasteiger charge is -2.10. The van der Waals surface area contributed by atoms with E-state index in [-0.39, 0.29) is 12.4 Å². The van der Waals surface area contributed by atoms with E-state index in [9.17, 15) is 4.39 Å². The predicted molar refractivity (Wildman–Crippen MR) is 65.2 cm³/mol. The zero-order valence-electron chi connectivity index (χ0n) is 9.89. The van der Waals surface area contributed by atoms with Crippen LogP contribution in [0.2, 0.25) is 0 Å². The maximum absolute atomic E-state index is 13.5. The van der Waals surface area contributed by atoms with Gasteiger partial charge in [0, 0.05) is 18.2 Å². The van der Waals surface area contributed by atoms with E-state index in [1.165, 1.54) is 12.3 Å². The molecular weight excluding hydrogens is 235 g/mol. The topological polar surface area (TPSA) is 57.4 Å². The van der Waals surface area contributed by atoms with Gasteiger partial charge < -0.3 is 15.2 Å². The van der Waals surface area contributed by atoms with Gasteiger partial charge in [-0.25, -0.2) is 9.37 Å². The van der Waals surface area contributed by atoms with Gasteiger partial charge >= 0.3 is 0 Å². The van der Waals surface area contributed by atoms with Crippen molar-refractivity contribution in [3.63, 3.8) is 0 Å². The number of hydrogen-bond acceptors (Lipinski definition) is 4. The first-order chi connectivity index (χ1) is 8.74. The van der Waals surface area contributed by atoms with Crippen LogP contribution in [0.1, 0.15) is 5.56 Å². The Balaban J connectivity index is 2.25. The Bertz CT molecular complexity index is 529. The molecule has 1 heterocycles. The average Bonchev–Trinajstić information content (AvgIpc) is 2.40. The van der Waals surface area contributed by atoms with Crippen LogP contribution in [0.15, 0.2) is 36.5 Å². The van der Waals surface area contributed by atoms with E-state index in [0.717, 1.165) is 0 Å². The minimum atomic E-state index is -0.386.